The third kappa shape index (κ3) is 1.94. The molecular formula is C13H15NO. The van der Waals surface area contributed by atoms with E-state index in [1.807, 2.05) is 6.07 Å². The summed E-state index contributed by atoms with van der Waals surface area (Å²) in [6, 6.07) is 8.24. The van der Waals surface area contributed by atoms with Gasteiger partial charge in [-0.1, -0.05) is 25.5 Å². The molecule has 0 fully saturated rings. The van der Waals surface area contributed by atoms with Gasteiger partial charge in [0.2, 0.25) is 0 Å². The molecule has 1 heterocycles. The first-order chi connectivity index (χ1) is 7.20. The second-order valence-electron chi connectivity index (χ2n) is 3.91. The fourth-order valence-electron chi connectivity index (χ4n) is 1.81. The van der Waals surface area contributed by atoms with E-state index < -0.39 is 0 Å². The number of ketones is 1. The van der Waals surface area contributed by atoms with Crippen molar-refractivity contribution in [2.24, 2.45) is 0 Å². The predicted molar refractivity (Wildman–Crippen MR) is 62.3 cm³/mol. The van der Waals surface area contributed by atoms with Crippen LogP contribution in [0.25, 0.3) is 10.9 Å². The van der Waals surface area contributed by atoms with Crippen LogP contribution >= 0.6 is 0 Å². The molecule has 1 aromatic carbocycles. The lowest BCUT2D eigenvalue weighted by atomic mass is 10.1. The first-order valence-electron chi connectivity index (χ1n) is 5.33. The van der Waals surface area contributed by atoms with Gasteiger partial charge in [0.15, 0.2) is 5.78 Å². The third-order valence-electron chi connectivity index (χ3n) is 2.60. The largest absolute Gasteiger partial charge is 0.352 e. The minimum Gasteiger partial charge on any atom is -0.352 e. The van der Waals surface area contributed by atoms with Crippen LogP contribution in [-0.2, 0) is 6.42 Å². The average molecular weight is 201 g/mol. The summed E-state index contributed by atoms with van der Waals surface area (Å²) < 4.78 is 0. The van der Waals surface area contributed by atoms with Crippen LogP contribution in [0.1, 0.15) is 36.3 Å². The van der Waals surface area contributed by atoms with Gasteiger partial charge in [-0.25, -0.2) is 0 Å². The lowest BCUT2D eigenvalue weighted by Crippen LogP contribution is -1.90. The number of aromatic amines is 1. The molecule has 1 N–H and O–H groups in total. The minimum atomic E-state index is 0.0863. The van der Waals surface area contributed by atoms with Gasteiger partial charge >= 0.3 is 0 Å². The van der Waals surface area contributed by atoms with Crippen LogP contribution in [-0.4, -0.2) is 10.8 Å². The minimum absolute atomic E-state index is 0.0863. The van der Waals surface area contributed by atoms with Gasteiger partial charge in [-0.2, -0.15) is 0 Å². The van der Waals surface area contributed by atoms with Crippen molar-refractivity contribution in [3.05, 3.63) is 35.5 Å². The second kappa shape index (κ2) is 3.89. The number of carbonyl (C=O) groups is 1. The van der Waals surface area contributed by atoms with Crippen LogP contribution in [0.4, 0.5) is 0 Å². The molecule has 0 saturated carbocycles. The smallest absolute Gasteiger partial charge is 0.175 e. The Balaban J connectivity index is 2.47. The van der Waals surface area contributed by atoms with Crippen LogP contribution in [0, 0.1) is 0 Å². The lowest BCUT2D eigenvalue weighted by molar-refractivity contribution is 0.101. The second-order valence-corrected chi connectivity index (χ2v) is 3.91. The van der Waals surface area contributed by atoms with Crippen molar-refractivity contribution >= 4 is 16.7 Å². The summed E-state index contributed by atoms with van der Waals surface area (Å²) in [6.07, 6.45) is 2.23. The van der Waals surface area contributed by atoms with Gasteiger partial charge in [0.25, 0.3) is 0 Å². The average Bonchev–Trinajstić information content (AvgIpc) is 2.61. The van der Waals surface area contributed by atoms with E-state index in [1.165, 1.54) is 5.56 Å². The molecular weight excluding hydrogens is 186 g/mol. The Bertz CT molecular complexity index is 496. The first kappa shape index (κ1) is 9.97. The monoisotopic (exact) mass is 201 g/mol. The summed E-state index contributed by atoms with van der Waals surface area (Å²) in [5.41, 5.74) is 3.08. The topological polar surface area (TPSA) is 32.9 Å². The highest BCUT2D eigenvalue weighted by atomic mass is 16.1. The summed E-state index contributed by atoms with van der Waals surface area (Å²) in [7, 11) is 0. The zero-order valence-electron chi connectivity index (χ0n) is 9.13. The van der Waals surface area contributed by atoms with Gasteiger partial charge in [-0.05, 0) is 24.1 Å². The van der Waals surface area contributed by atoms with E-state index in [2.05, 4.69) is 30.1 Å². The molecule has 78 valence electrons. The Labute approximate surface area is 89.3 Å². The van der Waals surface area contributed by atoms with Crippen molar-refractivity contribution in [3.8, 4) is 0 Å². The molecule has 2 rings (SSSR count). The Hall–Kier alpha value is -1.57. The van der Waals surface area contributed by atoms with Crippen LogP contribution < -0.4 is 0 Å². The number of nitrogens with one attached hydrogen (secondary N) is 1. The zero-order chi connectivity index (χ0) is 10.8. The molecule has 0 radical (unpaired) electrons. The summed E-state index contributed by atoms with van der Waals surface area (Å²) in [6.45, 7) is 3.75. The Morgan fingerprint density at radius 3 is 2.80 bits per heavy atom. The van der Waals surface area contributed by atoms with Gasteiger partial charge in [0, 0.05) is 17.8 Å². The number of fused-ring (bicyclic) bond motifs is 1. The number of rotatable bonds is 3. The fraction of sp³-hybridized carbons (Fsp3) is 0.308. The van der Waals surface area contributed by atoms with E-state index in [9.17, 15) is 4.79 Å². The Morgan fingerprint density at radius 2 is 2.13 bits per heavy atom. The standard InChI is InChI=1S/C13H15NO/c1-3-4-10-5-6-11-8-12(9(2)15)14-13(11)7-10/h5-8,14H,3-4H2,1-2H3. The van der Waals surface area contributed by atoms with E-state index >= 15 is 0 Å². The molecule has 0 atom stereocenters. The molecule has 2 nitrogen and oxygen atoms in total. The van der Waals surface area contributed by atoms with Gasteiger partial charge < -0.3 is 4.98 Å². The molecule has 0 aliphatic rings. The number of carbonyl (C=O) groups excluding carboxylic acids is 1. The van der Waals surface area contributed by atoms with E-state index in [1.54, 1.807) is 6.92 Å². The van der Waals surface area contributed by atoms with E-state index in [0.717, 1.165) is 23.7 Å². The molecule has 0 aliphatic carbocycles. The molecule has 0 amide bonds. The SMILES string of the molecule is CCCc1ccc2cc(C(C)=O)[nH]c2c1. The number of aryl methyl sites for hydroxylation is 1. The van der Waals surface area contributed by atoms with E-state index in [4.69, 9.17) is 0 Å². The number of benzene rings is 1. The Kier molecular flexibility index (Phi) is 2.58. The van der Waals surface area contributed by atoms with Crippen LogP contribution in [0.3, 0.4) is 0 Å². The third-order valence-corrected chi connectivity index (χ3v) is 2.60. The maximum Gasteiger partial charge on any atom is 0.175 e. The van der Waals surface area contributed by atoms with Crippen molar-refractivity contribution in [1.29, 1.82) is 0 Å². The molecule has 0 spiro atoms. The fourth-order valence-corrected chi connectivity index (χ4v) is 1.81. The van der Waals surface area contributed by atoms with Gasteiger partial charge in [0.05, 0.1) is 5.69 Å². The normalized spacial score (nSPS) is 10.8. The summed E-state index contributed by atoms with van der Waals surface area (Å²) >= 11 is 0. The lowest BCUT2D eigenvalue weighted by Gasteiger charge is -1.97. The molecule has 0 bridgehead atoms. The number of H-pyrrole nitrogens is 1. The van der Waals surface area contributed by atoms with Crippen molar-refractivity contribution < 1.29 is 4.79 Å². The summed E-state index contributed by atoms with van der Waals surface area (Å²) in [5, 5.41) is 1.11. The predicted octanol–water partition coefficient (Wildman–Crippen LogP) is 3.32. The number of hydrogen-bond acceptors (Lipinski definition) is 1. The highest BCUT2D eigenvalue weighted by Gasteiger charge is 2.04. The quantitative estimate of drug-likeness (QED) is 0.759. The highest BCUT2D eigenvalue weighted by Crippen LogP contribution is 2.18. The van der Waals surface area contributed by atoms with Crippen LogP contribution in [0.5, 0.6) is 0 Å². The van der Waals surface area contributed by atoms with Crippen molar-refractivity contribution in [3.63, 3.8) is 0 Å². The zero-order valence-corrected chi connectivity index (χ0v) is 9.13. The first-order valence-corrected chi connectivity index (χ1v) is 5.33. The molecule has 1 aromatic heterocycles. The maximum atomic E-state index is 11.2. The van der Waals surface area contributed by atoms with Crippen molar-refractivity contribution in [2.45, 2.75) is 26.7 Å². The molecule has 2 heteroatoms. The van der Waals surface area contributed by atoms with Crippen LogP contribution in [0.15, 0.2) is 24.3 Å². The van der Waals surface area contributed by atoms with Crippen molar-refractivity contribution in [2.75, 3.05) is 0 Å². The molecule has 15 heavy (non-hydrogen) atoms. The van der Waals surface area contributed by atoms with Gasteiger partial charge in [-0.15, -0.1) is 0 Å². The number of hydrogen-bond donors (Lipinski definition) is 1. The number of aromatic nitrogens is 1. The summed E-state index contributed by atoms with van der Waals surface area (Å²) in [5.74, 6) is 0.0863. The highest BCUT2D eigenvalue weighted by molar-refractivity contribution is 5.97. The van der Waals surface area contributed by atoms with Crippen molar-refractivity contribution in [1.82, 2.24) is 4.98 Å². The molecule has 2 aromatic rings. The Morgan fingerprint density at radius 1 is 1.33 bits per heavy atom. The van der Waals surface area contributed by atoms with Crippen LogP contribution in [0.2, 0.25) is 0 Å². The number of Topliss-reactive ketones (excluding diaryl/α,β-unsaturated/α-hetero) is 1. The summed E-state index contributed by atoms with van der Waals surface area (Å²) in [4.78, 5) is 14.3. The molecule has 0 saturated heterocycles. The molecule has 0 unspecified atom stereocenters. The molecule has 0 aliphatic heterocycles. The van der Waals surface area contributed by atoms with Gasteiger partial charge in [0.1, 0.15) is 0 Å². The van der Waals surface area contributed by atoms with E-state index in [0.29, 0.717) is 5.69 Å². The maximum absolute atomic E-state index is 11.2. The van der Waals surface area contributed by atoms with E-state index in [-0.39, 0.29) is 5.78 Å². The van der Waals surface area contributed by atoms with Gasteiger partial charge in [-0.3, -0.25) is 4.79 Å².